The highest BCUT2D eigenvalue weighted by atomic mass is 16.5. The molecule has 0 saturated carbocycles. The van der Waals surface area contributed by atoms with Crippen molar-refractivity contribution in [3.05, 3.63) is 10.4 Å². The summed E-state index contributed by atoms with van der Waals surface area (Å²) in [4.78, 5) is 21.0. The van der Waals surface area contributed by atoms with Crippen LogP contribution in [0.3, 0.4) is 0 Å². The van der Waals surface area contributed by atoms with Crippen LogP contribution in [0.15, 0.2) is 5.11 Å². The summed E-state index contributed by atoms with van der Waals surface area (Å²) in [6.07, 6.45) is 0. The van der Waals surface area contributed by atoms with Crippen LogP contribution in [-0.2, 0) is 28.4 Å². The van der Waals surface area contributed by atoms with Crippen LogP contribution in [0.5, 0.6) is 0 Å². The molecule has 0 amide bonds. The summed E-state index contributed by atoms with van der Waals surface area (Å²) in [6, 6.07) is 0. The number of hydrogen-bond acceptors (Lipinski definition) is 13. The van der Waals surface area contributed by atoms with Gasteiger partial charge in [0, 0.05) is 40.5 Å². The average Bonchev–Trinajstić information content (AvgIpc) is 2.75. The highest BCUT2D eigenvalue weighted by molar-refractivity contribution is 5.45. The van der Waals surface area contributed by atoms with E-state index in [0.29, 0.717) is 11.9 Å². The molecule has 15 heteroatoms. The largest absolute Gasteiger partial charge is 0.364 e. The second-order valence-corrected chi connectivity index (χ2v) is 5.64. The number of aromatic nitrogens is 3. The number of nitrogens with zero attached hydrogens (tertiary/aromatic N) is 9. The lowest BCUT2D eigenvalue weighted by Crippen LogP contribution is -2.36. The third-order valence-electron chi connectivity index (χ3n) is 3.33. The summed E-state index contributed by atoms with van der Waals surface area (Å²) in [5.74, 6) is 0.853. The molecule has 0 N–H and O–H groups in total. The fraction of sp³-hybridized carbons (Fsp3) is 0.800. The molecule has 1 aromatic rings. The van der Waals surface area contributed by atoms with Crippen molar-refractivity contribution in [1.29, 1.82) is 0 Å². The molecule has 0 spiro atoms. The number of ether oxygens (including phenoxy) is 6. The van der Waals surface area contributed by atoms with Crippen LogP contribution in [0, 0.1) is 0 Å². The Morgan fingerprint density at radius 3 is 1.30 bits per heavy atom. The van der Waals surface area contributed by atoms with Gasteiger partial charge in [-0.3, -0.25) is 14.7 Å². The van der Waals surface area contributed by atoms with Crippen LogP contribution in [0.4, 0.5) is 17.8 Å². The van der Waals surface area contributed by atoms with E-state index in [9.17, 15) is 0 Å². The minimum Gasteiger partial charge on any atom is -0.364 e. The summed E-state index contributed by atoms with van der Waals surface area (Å²) < 4.78 is 31.4. The Balaban J connectivity index is 3.35. The van der Waals surface area contributed by atoms with Crippen LogP contribution >= 0.6 is 0 Å². The van der Waals surface area contributed by atoms with Crippen molar-refractivity contribution >= 4 is 17.8 Å². The van der Waals surface area contributed by atoms with Gasteiger partial charge in [0.25, 0.3) is 0 Å². The lowest BCUT2D eigenvalue weighted by molar-refractivity contribution is 0.107. The van der Waals surface area contributed by atoms with E-state index in [2.05, 4.69) is 25.0 Å². The smallest absolute Gasteiger partial charge is 0.235 e. The van der Waals surface area contributed by atoms with Crippen LogP contribution < -0.4 is 14.7 Å². The summed E-state index contributed by atoms with van der Waals surface area (Å²) in [5, 5.41) is 3.34. The normalized spacial score (nSPS) is 10.6. The molecule has 0 fully saturated rings. The summed E-state index contributed by atoms with van der Waals surface area (Å²) in [5.41, 5.74) is 8.40. The molecule has 0 saturated heterocycles. The quantitative estimate of drug-likeness (QED) is 0.111. The van der Waals surface area contributed by atoms with Gasteiger partial charge < -0.3 is 28.4 Å². The number of hydrogen-bond donors (Lipinski definition) is 0. The molecular formula is C15H29N9O6. The molecule has 0 atom stereocenters. The minimum atomic E-state index is -0.152. The second kappa shape index (κ2) is 15.3. The van der Waals surface area contributed by atoms with Crippen LogP contribution in [0.2, 0.25) is 0 Å². The van der Waals surface area contributed by atoms with Crippen molar-refractivity contribution < 1.29 is 28.4 Å². The maximum Gasteiger partial charge on any atom is 0.235 e. The summed E-state index contributed by atoms with van der Waals surface area (Å²) >= 11 is 0. The maximum absolute atomic E-state index is 8.40. The molecule has 0 radical (unpaired) electrons. The molecular weight excluding hydrogens is 402 g/mol. The van der Waals surface area contributed by atoms with E-state index in [0.717, 1.165) is 0 Å². The van der Waals surface area contributed by atoms with E-state index < -0.39 is 0 Å². The molecule has 170 valence electrons. The van der Waals surface area contributed by atoms with E-state index in [1.54, 1.807) is 43.1 Å². The van der Waals surface area contributed by atoms with Gasteiger partial charge in [0.2, 0.25) is 17.8 Å². The highest BCUT2D eigenvalue weighted by Crippen LogP contribution is 2.19. The molecule has 0 aliphatic rings. The predicted molar refractivity (Wildman–Crippen MR) is 107 cm³/mol. The predicted octanol–water partition coefficient (Wildman–Crippen LogP) is 0.552. The fourth-order valence-electron chi connectivity index (χ4n) is 2.22. The first-order valence-electron chi connectivity index (χ1n) is 8.69. The average molecular weight is 431 g/mol. The van der Waals surface area contributed by atoms with Crippen LogP contribution in [0.25, 0.3) is 10.4 Å². The van der Waals surface area contributed by atoms with Gasteiger partial charge in [-0.15, -0.1) is 0 Å². The maximum atomic E-state index is 8.40. The zero-order chi connectivity index (χ0) is 22.2. The van der Waals surface area contributed by atoms with Crippen LogP contribution in [-0.4, -0.2) is 97.6 Å². The number of rotatable bonds is 17. The van der Waals surface area contributed by atoms with Gasteiger partial charge in [0.1, 0.15) is 47.1 Å². The van der Waals surface area contributed by atoms with Gasteiger partial charge in [0.15, 0.2) is 0 Å². The molecule has 0 aliphatic heterocycles. The number of methoxy groups -OCH3 is 5. The first-order valence-corrected chi connectivity index (χ1v) is 8.69. The van der Waals surface area contributed by atoms with Gasteiger partial charge in [-0.25, -0.2) is 0 Å². The van der Waals surface area contributed by atoms with Crippen molar-refractivity contribution in [2.45, 2.75) is 0 Å². The number of azide groups is 1. The lowest BCUT2D eigenvalue weighted by Gasteiger charge is -2.27. The van der Waals surface area contributed by atoms with Gasteiger partial charge in [-0.2, -0.15) is 15.0 Å². The second-order valence-electron chi connectivity index (χ2n) is 5.64. The summed E-state index contributed by atoms with van der Waals surface area (Å²) in [6.45, 7) is 0.708. The Labute approximate surface area is 175 Å². The highest BCUT2D eigenvalue weighted by Gasteiger charge is 2.20. The van der Waals surface area contributed by atoms with Gasteiger partial charge in [-0.05, 0) is 5.53 Å². The van der Waals surface area contributed by atoms with Crippen molar-refractivity contribution in [2.75, 3.05) is 97.4 Å². The molecule has 0 unspecified atom stereocenters. The van der Waals surface area contributed by atoms with Crippen molar-refractivity contribution in [3.8, 4) is 0 Å². The van der Waals surface area contributed by atoms with Gasteiger partial charge in [-0.1, -0.05) is 5.11 Å². The first kappa shape index (κ1) is 25.5. The first-order chi connectivity index (χ1) is 14.6. The van der Waals surface area contributed by atoms with E-state index in [-0.39, 0.29) is 53.1 Å². The molecule has 0 bridgehead atoms. The molecule has 0 aromatic carbocycles. The lowest BCUT2D eigenvalue weighted by atomic mass is 10.6. The van der Waals surface area contributed by atoms with Gasteiger partial charge in [0.05, 0.1) is 0 Å². The van der Waals surface area contributed by atoms with E-state index >= 15 is 0 Å². The third-order valence-corrected chi connectivity index (χ3v) is 3.33. The standard InChI is InChI=1S/C15H29N9O6/c1-25-7-22(8-26-2)13-18-14(23(9-27-3)10-28-4)20-15(19-13)24(11-29-5)12-30-6-17-21-16/h6-12H2,1-5H3. The van der Waals surface area contributed by atoms with E-state index in [1.165, 1.54) is 7.11 Å². The Morgan fingerprint density at radius 1 is 0.667 bits per heavy atom. The zero-order valence-electron chi connectivity index (χ0n) is 17.9. The summed E-state index contributed by atoms with van der Waals surface area (Å²) in [7, 11) is 7.72. The third kappa shape index (κ3) is 8.46. The topological polar surface area (TPSA) is 153 Å². The molecule has 1 aromatic heterocycles. The van der Waals surface area contributed by atoms with E-state index in [1.807, 2.05) is 0 Å². The molecule has 15 nitrogen and oxygen atoms in total. The van der Waals surface area contributed by atoms with Crippen molar-refractivity contribution in [3.63, 3.8) is 0 Å². The molecule has 30 heavy (non-hydrogen) atoms. The van der Waals surface area contributed by atoms with E-state index in [4.69, 9.17) is 34.0 Å². The van der Waals surface area contributed by atoms with Crippen molar-refractivity contribution in [1.82, 2.24) is 15.0 Å². The Morgan fingerprint density at radius 2 is 1.00 bits per heavy atom. The van der Waals surface area contributed by atoms with Gasteiger partial charge >= 0.3 is 0 Å². The fourth-order valence-corrected chi connectivity index (χ4v) is 2.22. The monoisotopic (exact) mass is 431 g/mol. The minimum absolute atomic E-state index is 0.0128. The number of anilines is 3. The SMILES string of the molecule is COCN(COC)c1nc(N(COC)COC)nc(N(COC)COCN=[N+]=[N-])n1. The molecule has 0 aliphatic carbocycles. The molecule has 1 rings (SSSR count). The Bertz CT molecular complexity index is 603. The van der Waals surface area contributed by atoms with Crippen LogP contribution in [0.1, 0.15) is 0 Å². The Hall–Kier alpha value is -2.52. The Kier molecular flexibility index (Phi) is 13.0. The zero-order valence-corrected chi connectivity index (χ0v) is 17.9. The molecule has 1 heterocycles. The van der Waals surface area contributed by atoms with Crippen molar-refractivity contribution in [2.24, 2.45) is 5.11 Å².